The van der Waals surface area contributed by atoms with Gasteiger partial charge in [0.2, 0.25) is 0 Å². The molecule has 0 amide bonds. The van der Waals surface area contributed by atoms with Crippen molar-refractivity contribution in [3.63, 3.8) is 0 Å². The van der Waals surface area contributed by atoms with Crippen LogP contribution in [0.1, 0.15) is 17.2 Å². The molecule has 2 aromatic carbocycles. The number of halogens is 1. The van der Waals surface area contributed by atoms with Gasteiger partial charge in [-0.1, -0.05) is 24.3 Å². The molecule has 106 valence electrons. The molecule has 0 aliphatic rings. The quantitative estimate of drug-likeness (QED) is 0.800. The standard InChI is InChI=1S/C17H15FN2O/c1-21-12-5-6-15(16(18)9-12)17(19)14-4-2-3-11-10-20-8-7-13(11)14/h2-10,17H,19H2,1H3. The molecular formula is C17H15FN2O. The zero-order chi connectivity index (χ0) is 14.8. The molecule has 2 N–H and O–H groups in total. The summed E-state index contributed by atoms with van der Waals surface area (Å²) in [5.41, 5.74) is 7.59. The van der Waals surface area contributed by atoms with Crippen molar-refractivity contribution in [2.75, 3.05) is 7.11 Å². The number of aromatic nitrogens is 1. The van der Waals surface area contributed by atoms with Gasteiger partial charge in [-0.15, -0.1) is 0 Å². The Labute approximate surface area is 122 Å². The minimum atomic E-state index is -0.540. The summed E-state index contributed by atoms with van der Waals surface area (Å²) >= 11 is 0. The van der Waals surface area contributed by atoms with Gasteiger partial charge >= 0.3 is 0 Å². The van der Waals surface area contributed by atoms with Crippen molar-refractivity contribution in [1.82, 2.24) is 4.98 Å². The number of fused-ring (bicyclic) bond motifs is 1. The number of hydrogen-bond acceptors (Lipinski definition) is 3. The zero-order valence-electron chi connectivity index (χ0n) is 11.6. The maximum atomic E-state index is 14.2. The van der Waals surface area contributed by atoms with Gasteiger partial charge in [-0.3, -0.25) is 4.98 Å². The van der Waals surface area contributed by atoms with E-state index >= 15 is 0 Å². The largest absolute Gasteiger partial charge is 0.497 e. The molecule has 3 aromatic rings. The van der Waals surface area contributed by atoms with E-state index in [1.165, 1.54) is 13.2 Å². The lowest BCUT2D eigenvalue weighted by molar-refractivity contribution is 0.410. The highest BCUT2D eigenvalue weighted by Crippen LogP contribution is 2.29. The average Bonchev–Trinajstić information content (AvgIpc) is 2.53. The lowest BCUT2D eigenvalue weighted by Crippen LogP contribution is -2.14. The van der Waals surface area contributed by atoms with Gasteiger partial charge in [0.05, 0.1) is 13.2 Å². The first-order valence-electron chi connectivity index (χ1n) is 6.62. The molecule has 0 spiro atoms. The fourth-order valence-electron chi connectivity index (χ4n) is 2.47. The van der Waals surface area contributed by atoms with Gasteiger partial charge in [0.15, 0.2) is 0 Å². The van der Waals surface area contributed by atoms with Crippen LogP contribution in [0.25, 0.3) is 10.8 Å². The highest BCUT2D eigenvalue weighted by molar-refractivity contribution is 5.85. The van der Waals surface area contributed by atoms with Crippen molar-refractivity contribution in [3.05, 3.63) is 71.8 Å². The molecule has 1 heterocycles. The summed E-state index contributed by atoms with van der Waals surface area (Å²) in [6.07, 6.45) is 3.48. The van der Waals surface area contributed by atoms with Crippen molar-refractivity contribution >= 4 is 10.8 Å². The fraction of sp³-hybridized carbons (Fsp3) is 0.118. The SMILES string of the molecule is COc1ccc(C(N)c2cccc3cnccc23)c(F)c1. The van der Waals surface area contributed by atoms with Crippen LogP contribution in [-0.2, 0) is 0 Å². The smallest absolute Gasteiger partial charge is 0.132 e. The maximum absolute atomic E-state index is 14.2. The number of rotatable bonds is 3. The van der Waals surface area contributed by atoms with E-state index in [-0.39, 0.29) is 5.82 Å². The summed E-state index contributed by atoms with van der Waals surface area (Å²) in [4.78, 5) is 4.09. The van der Waals surface area contributed by atoms with Crippen LogP contribution in [0.4, 0.5) is 4.39 Å². The van der Waals surface area contributed by atoms with Crippen molar-refractivity contribution in [2.45, 2.75) is 6.04 Å². The predicted molar refractivity (Wildman–Crippen MR) is 80.7 cm³/mol. The third-order valence-corrected chi connectivity index (χ3v) is 3.59. The number of methoxy groups -OCH3 is 1. The molecule has 1 aromatic heterocycles. The molecule has 1 unspecified atom stereocenters. The normalized spacial score (nSPS) is 12.3. The second-order valence-corrected chi connectivity index (χ2v) is 4.81. The Hall–Kier alpha value is -2.46. The molecule has 3 nitrogen and oxygen atoms in total. The Balaban J connectivity index is 2.10. The highest BCUT2D eigenvalue weighted by atomic mass is 19.1. The molecule has 4 heteroatoms. The minimum Gasteiger partial charge on any atom is -0.497 e. The molecule has 0 aliphatic heterocycles. The summed E-state index contributed by atoms with van der Waals surface area (Å²) < 4.78 is 19.2. The summed E-state index contributed by atoms with van der Waals surface area (Å²) in [6.45, 7) is 0. The molecule has 0 saturated carbocycles. The first-order chi connectivity index (χ1) is 10.2. The monoisotopic (exact) mass is 282 g/mol. The molecule has 21 heavy (non-hydrogen) atoms. The predicted octanol–water partition coefficient (Wildman–Crippen LogP) is 3.43. The van der Waals surface area contributed by atoms with Gasteiger partial charge in [-0.25, -0.2) is 4.39 Å². The second-order valence-electron chi connectivity index (χ2n) is 4.81. The molecule has 3 rings (SSSR count). The van der Waals surface area contributed by atoms with E-state index in [0.717, 1.165) is 16.3 Å². The number of hydrogen-bond donors (Lipinski definition) is 1. The molecule has 0 saturated heterocycles. The summed E-state index contributed by atoms with van der Waals surface area (Å²) in [5, 5.41) is 1.97. The molecule has 0 radical (unpaired) electrons. The van der Waals surface area contributed by atoms with Gasteiger partial charge in [0.25, 0.3) is 0 Å². The Kier molecular flexibility index (Phi) is 3.54. The number of nitrogens with zero attached hydrogens (tertiary/aromatic N) is 1. The van der Waals surface area contributed by atoms with E-state index in [1.807, 2.05) is 24.3 Å². The highest BCUT2D eigenvalue weighted by Gasteiger charge is 2.16. The van der Waals surface area contributed by atoms with Gasteiger partial charge in [0.1, 0.15) is 11.6 Å². The minimum absolute atomic E-state index is 0.368. The molecule has 0 aliphatic carbocycles. The van der Waals surface area contributed by atoms with Crippen molar-refractivity contribution < 1.29 is 9.13 Å². The van der Waals surface area contributed by atoms with E-state index in [1.54, 1.807) is 24.5 Å². The summed E-state index contributed by atoms with van der Waals surface area (Å²) in [7, 11) is 1.51. The summed E-state index contributed by atoms with van der Waals surface area (Å²) in [5.74, 6) is 0.110. The van der Waals surface area contributed by atoms with Crippen LogP contribution in [0.5, 0.6) is 5.75 Å². The first kappa shape index (κ1) is 13.5. The van der Waals surface area contributed by atoms with Crippen LogP contribution >= 0.6 is 0 Å². The van der Waals surface area contributed by atoms with E-state index in [0.29, 0.717) is 11.3 Å². The zero-order valence-corrected chi connectivity index (χ0v) is 11.6. The topological polar surface area (TPSA) is 48.1 Å². The number of pyridine rings is 1. The van der Waals surface area contributed by atoms with E-state index < -0.39 is 6.04 Å². The number of nitrogens with two attached hydrogens (primary N) is 1. The van der Waals surface area contributed by atoms with Crippen LogP contribution in [0.2, 0.25) is 0 Å². The Morgan fingerprint density at radius 1 is 1.14 bits per heavy atom. The van der Waals surface area contributed by atoms with Crippen LogP contribution in [-0.4, -0.2) is 12.1 Å². The third-order valence-electron chi connectivity index (χ3n) is 3.59. The van der Waals surface area contributed by atoms with Gasteiger partial charge in [0, 0.05) is 29.4 Å². The third kappa shape index (κ3) is 2.45. The van der Waals surface area contributed by atoms with E-state index in [9.17, 15) is 4.39 Å². The van der Waals surface area contributed by atoms with Crippen molar-refractivity contribution in [3.8, 4) is 5.75 Å². The van der Waals surface area contributed by atoms with Gasteiger partial charge in [-0.05, 0) is 23.1 Å². The van der Waals surface area contributed by atoms with Crippen LogP contribution in [0.15, 0.2) is 54.9 Å². The molecular weight excluding hydrogens is 267 g/mol. The lowest BCUT2D eigenvalue weighted by atomic mass is 9.95. The summed E-state index contributed by atoms with van der Waals surface area (Å²) in [6, 6.07) is 11.9. The molecule has 1 atom stereocenters. The Morgan fingerprint density at radius 2 is 2.00 bits per heavy atom. The molecule has 0 bridgehead atoms. The van der Waals surface area contributed by atoms with Gasteiger partial charge < -0.3 is 10.5 Å². The first-order valence-corrected chi connectivity index (χ1v) is 6.62. The fourth-order valence-corrected chi connectivity index (χ4v) is 2.47. The van der Waals surface area contributed by atoms with Crippen LogP contribution in [0, 0.1) is 5.82 Å². The van der Waals surface area contributed by atoms with Gasteiger partial charge in [-0.2, -0.15) is 0 Å². The average molecular weight is 282 g/mol. The maximum Gasteiger partial charge on any atom is 0.132 e. The van der Waals surface area contributed by atoms with Crippen molar-refractivity contribution in [1.29, 1.82) is 0 Å². The Bertz CT molecular complexity index is 783. The Morgan fingerprint density at radius 3 is 2.76 bits per heavy atom. The number of ether oxygens (including phenoxy) is 1. The van der Waals surface area contributed by atoms with Crippen LogP contribution in [0.3, 0.4) is 0 Å². The van der Waals surface area contributed by atoms with E-state index in [2.05, 4.69) is 4.98 Å². The number of benzene rings is 2. The van der Waals surface area contributed by atoms with Crippen molar-refractivity contribution in [2.24, 2.45) is 5.73 Å². The van der Waals surface area contributed by atoms with Crippen LogP contribution < -0.4 is 10.5 Å². The second kappa shape index (κ2) is 5.50. The lowest BCUT2D eigenvalue weighted by Gasteiger charge is -2.16. The molecule has 0 fully saturated rings. The van der Waals surface area contributed by atoms with E-state index in [4.69, 9.17) is 10.5 Å².